The minimum Gasteiger partial charge on any atom is -0.508 e. The lowest BCUT2D eigenvalue weighted by Crippen LogP contribution is -2.58. The van der Waals surface area contributed by atoms with Crippen LogP contribution < -0.4 is 21.7 Å². The van der Waals surface area contributed by atoms with Gasteiger partial charge in [0, 0.05) is 29.9 Å². The van der Waals surface area contributed by atoms with E-state index in [1.807, 2.05) is 0 Å². The number of aromatic hydroxyl groups is 1. The summed E-state index contributed by atoms with van der Waals surface area (Å²) in [6.45, 7) is -0.754. The lowest BCUT2D eigenvalue weighted by molar-refractivity contribution is -0.143. The van der Waals surface area contributed by atoms with Gasteiger partial charge in [0.1, 0.15) is 29.9 Å². The number of para-hydroxylation sites is 1. The van der Waals surface area contributed by atoms with E-state index in [-0.39, 0.29) is 18.6 Å². The summed E-state index contributed by atoms with van der Waals surface area (Å²) in [6.07, 6.45) is 0.525. The van der Waals surface area contributed by atoms with Crippen LogP contribution in [0.15, 0.2) is 54.7 Å². The van der Waals surface area contributed by atoms with E-state index in [1.165, 1.54) is 24.3 Å². The maximum absolute atomic E-state index is 13.4. The van der Waals surface area contributed by atoms with Gasteiger partial charge in [-0.05, 0) is 29.3 Å². The molecule has 41 heavy (non-hydrogen) atoms. The summed E-state index contributed by atoms with van der Waals surface area (Å²) < 4.78 is 0. The first-order valence-corrected chi connectivity index (χ1v) is 12.5. The third-order valence-electron chi connectivity index (χ3n) is 6.27. The molecule has 14 nitrogen and oxygen atoms in total. The van der Waals surface area contributed by atoms with Crippen molar-refractivity contribution in [3.63, 3.8) is 0 Å². The van der Waals surface area contributed by atoms with Gasteiger partial charge in [-0.1, -0.05) is 30.3 Å². The Kier molecular flexibility index (Phi) is 10.4. The van der Waals surface area contributed by atoms with Crippen LogP contribution in [0.1, 0.15) is 17.5 Å². The quantitative estimate of drug-likeness (QED) is 0.114. The molecule has 10 N–H and O–H groups in total. The average Bonchev–Trinajstić information content (AvgIpc) is 3.34. The van der Waals surface area contributed by atoms with Crippen molar-refractivity contribution in [1.82, 2.24) is 20.9 Å². The predicted molar refractivity (Wildman–Crippen MR) is 145 cm³/mol. The third-order valence-corrected chi connectivity index (χ3v) is 6.27. The normalized spacial score (nSPS) is 13.9. The number of carboxylic acids is 2. The zero-order valence-electron chi connectivity index (χ0n) is 21.7. The lowest BCUT2D eigenvalue weighted by Gasteiger charge is -2.24. The van der Waals surface area contributed by atoms with E-state index in [1.54, 1.807) is 30.5 Å². The average molecular weight is 570 g/mol. The van der Waals surface area contributed by atoms with Gasteiger partial charge in [0.2, 0.25) is 17.7 Å². The number of phenolic OH excluding ortho intramolecular Hbond substituents is 1. The summed E-state index contributed by atoms with van der Waals surface area (Å²) in [5, 5.41) is 45.4. The molecule has 0 saturated carbocycles. The number of nitrogens with two attached hydrogens (primary N) is 1. The molecule has 0 radical (unpaired) electrons. The summed E-state index contributed by atoms with van der Waals surface area (Å²) in [4.78, 5) is 65.2. The summed E-state index contributed by atoms with van der Waals surface area (Å²) in [6, 6.07) is 7.03. The van der Waals surface area contributed by atoms with Crippen LogP contribution in [0.5, 0.6) is 5.75 Å². The van der Waals surface area contributed by atoms with Crippen molar-refractivity contribution in [3.05, 3.63) is 65.9 Å². The van der Waals surface area contributed by atoms with E-state index in [2.05, 4.69) is 20.9 Å². The van der Waals surface area contributed by atoms with E-state index in [0.717, 1.165) is 10.9 Å². The van der Waals surface area contributed by atoms with Gasteiger partial charge in [0.25, 0.3) is 0 Å². The molecule has 218 valence electrons. The number of aromatic amines is 1. The fourth-order valence-electron chi connectivity index (χ4n) is 4.09. The molecule has 4 unspecified atom stereocenters. The molecule has 2 aromatic carbocycles. The highest BCUT2D eigenvalue weighted by molar-refractivity contribution is 5.96. The molecule has 0 aliphatic rings. The molecule has 0 aliphatic heterocycles. The Labute approximate surface area is 233 Å². The van der Waals surface area contributed by atoms with Crippen LogP contribution in [0.3, 0.4) is 0 Å². The highest BCUT2D eigenvalue weighted by atomic mass is 16.4. The van der Waals surface area contributed by atoms with Crippen molar-refractivity contribution < 1.29 is 44.4 Å². The molecule has 0 saturated heterocycles. The van der Waals surface area contributed by atoms with Crippen LogP contribution >= 0.6 is 0 Å². The van der Waals surface area contributed by atoms with Gasteiger partial charge in [0.15, 0.2) is 0 Å². The summed E-state index contributed by atoms with van der Waals surface area (Å²) in [5.74, 6) is -5.68. The second-order valence-electron chi connectivity index (χ2n) is 9.34. The number of aromatic nitrogens is 1. The van der Waals surface area contributed by atoms with Crippen molar-refractivity contribution >= 4 is 40.6 Å². The van der Waals surface area contributed by atoms with Gasteiger partial charge < -0.3 is 47.1 Å². The van der Waals surface area contributed by atoms with Crippen molar-refractivity contribution in [2.75, 3.05) is 6.61 Å². The Morgan fingerprint density at radius 2 is 1.41 bits per heavy atom. The number of aliphatic carboxylic acids is 2. The summed E-state index contributed by atoms with van der Waals surface area (Å²) in [5.41, 5.74) is 7.33. The predicted octanol–water partition coefficient (Wildman–Crippen LogP) is -1.01. The highest BCUT2D eigenvalue weighted by Crippen LogP contribution is 2.19. The third kappa shape index (κ3) is 8.52. The Bertz CT molecular complexity index is 1410. The number of phenols is 1. The van der Waals surface area contributed by atoms with Crippen LogP contribution in [0.2, 0.25) is 0 Å². The number of carbonyl (C=O) groups is 5. The number of benzene rings is 2. The molecule has 3 amide bonds. The minimum absolute atomic E-state index is 0.0193. The number of amides is 3. The Balaban J connectivity index is 1.87. The zero-order chi connectivity index (χ0) is 30.1. The Morgan fingerprint density at radius 3 is 2.05 bits per heavy atom. The smallest absolute Gasteiger partial charge is 0.326 e. The zero-order valence-corrected chi connectivity index (χ0v) is 21.7. The minimum atomic E-state index is -1.65. The van der Waals surface area contributed by atoms with Gasteiger partial charge >= 0.3 is 11.9 Å². The number of aliphatic hydroxyl groups excluding tert-OH is 1. The largest absolute Gasteiger partial charge is 0.508 e. The second kappa shape index (κ2) is 13.9. The Hall–Kier alpha value is -4.95. The number of carbonyl (C=O) groups excluding carboxylic acids is 3. The van der Waals surface area contributed by atoms with Gasteiger partial charge in [-0.15, -0.1) is 0 Å². The van der Waals surface area contributed by atoms with Gasteiger partial charge in [-0.2, -0.15) is 0 Å². The fourth-order valence-corrected chi connectivity index (χ4v) is 4.09. The maximum Gasteiger partial charge on any atom is 0.326 e. The molecule has 4 atom stereocenters. The second-order valence-corrected chi connectivity index (χ2v) is 9.34. The van der Waals surface area contributed by atoms with Crippen LogP contribution in [0.25, 0.3) is 10.9 Å². The van der Waals surface area contributed by atoms with Crippen molar-refractivity contribution in [2.45, 2.75) is 43.4 Å². The Morgan fingerprint density at radius 1 is 0.805 bits per heavy atom. The first-order valence-electron chi connectivity index (χ1n) is 12.5. The summed E-state index contributed by atoms with van der Waals surface area (Å²) >= 11 is 0. The molecule has 0 aliphatic carbocycles. The number of hydrogen-bond acceptors (Lipinski definition) is 8. The van der Waals surface area contributed by atoms with Crippen LogP contribution in [-0.2, 0) is 36.8 Å². The topological polar surface area (TPSA) is 244 Å². The number of H-pyrrole nitrogens is 1. The standard InChI is InChI=1S/C27H31N5O9/c28-18(13-33)24(37)30-21(11-23(35)36)26(39)31-20(10-15-12-29-19-4-2-1-3-17(15)19)25(38)32-22(27(40)41)9-14-5-7-16(34)8-6-14/h1-8,12,18,20-22,29,33-34H,9-11,13,28H2,(H,30,37)(H,31,39)(H,32,38)(H,35,36)(H,40,41). The maximum atomic E-state index is 13.4. The number of carboxylic acid groups (broad SMARTS) is 2. The van der Waals surface area contributed by atoms with Crippen molar-refractivity contribution in [3.8, 4) is 5.75 Å². The highest BCUT2D eigenvalue weighted by Gasteiger charge is 2.32. The van der Waals surface area contributed by atoms with E-state index in [4.69, 9.17) is 10.8 Å². The lowest BCUT2D eigenvalue weighted by atomic mass is 10.0. The fraction of sp³-hybridized carbons (Fsp3) is 0.296. The molecule has 14 heteroatoms. The molecule has 0 fully saturated rings. The number of nitrogens with one attached hydrogen (secondary N) is 4. The molecule has 1 aromatic heterocycles. The van der Waals surface area contributed by atoms with Crippen molar-refractivity contribution in [1.29, 1.82) is 0 Å². The van der Waals surface area contributed by atoms with E-state index >= 15 is 0 Å². The van der Waals surface area contributed by atoms with Gasteiger partial charge in [-0.3, -0.25) is 19.2 Å². The van der Waals surface area contributed by atoms with E-state index in [0.29, 0.717) is 11.1 Å². The SMILES string of the molecule is NC(CO)C(=O)NC(CC(=O)O)C(=O)NC(Cc1c[nH]c2ccccc12)C(=O)NC(Cc1ccc(O)cc1)C(=O)O. The molecular weight excluding hydrogens is 538 g/mol. The summed E-state index contributed by atoms with van der Waals surface area (Å²) in [7, 11) is 0. The van der Waals surface area contributed by atoms with Gasteiger partial charge in [0.05, 0.1) is 13.0 Å². The van der Waals surface area contributed by atoms with Crippen LogP contribution in [0.4, 0.5) is 0 Å². The monoisotopic (exact) mass is 569 g/mol. The van der Waals surface area contributed by atoms with Crippen molar-refractivity contribution in [2.24, 2.45) is 5.73 Å². The first kappa shape index (κ1) is 30.6. The molecule has 1 heterocycles. The number of fused-ring (bicyclic) bond motifs is 1. The number of rotatable bonds is 14. The van der Waals surface area contributed by atoms with E-state index in [9.17, 15) is 39.3 Å². The first-order chi connectivity index (χ1) is 19.5. The molecule has 0 bridgehead atoms. The van der Waals surface area contributed by atoms with Gasteiger partial charge in [-0.25, -0.2) is 4.79 Å². The number of hydrogen-bond donors (Lipinski definition) is 9. The molecule has 0 spiro atoms. The molecule has 3 rings (SSSR count). The molecular formula is C27H31N5O9. The van der Waals surface area contributed by atoms with Crippen LogP contribution in [0, 0.1) is 0 Å². The van der Waals surface area contributed by atoms with Crippen LogP contribution in [-0.4, -0.2) is 85.8 Å². The van der Waals surface area contributed by atoms with E-state index < -0.39 is 66.9 Å². The number of aliphatic hydroxyl groups is 1. The molecule has 3 aromatic rings.